The molecule has 0 N–H and O–H groups in total. The number of ketones is 1. The van der Waals surface area contributed by atoms with Gasteiger partial charge in [-0.15, -0.1) is 0 Å². The zero-order valence-electron chi connectivity index (χ0n) is 21.4. The minimum atomic E-state index is -4.16. The van der Waals surface area contributed by atoms with Gasteiger partial charge in [0.25, 0.3) is 10.1 Å². The number of hydrogen-bond acceptors (Lipinski definition) is 8. The number of methoxy groups -OCH3 is 1. The second-order valence-electron chi connectivity index (χ2n) is 9.05. The second-order valence-corrected chi connectivity index (χ2v) is 10.6. The molecule has 0 spiro atoms. The number of ether oxygens (including phenoxy) is 4. The highest BCUT2D eigenvalue weighted by molar-refractivity contribution is 7.86. The predicted octanol–water partition coefficient (Wildman–Crippen LogP) is 4.44. The summed E-state index contributed by atoms with van der Waals surface area (Å²) in [4.78, 5) is 13.4. The largest absolute Gasteiger partial charge is 0.497 e. The molecule has 1 fully saturated rings. The molecule has 0 radical (unpaired) electrons. The summed E-state index contributed by atoms with van der Waals surface area (Å²) in [6.07, 6.45) is -1.86. The van der Waals surface area contributed by atoms with Crippen LogP contribution in [0.5, 0.6) is 5.75 Å². The Morgan fingerprint density at radius 2 is 1.58 bits per heavy atom. The van der Waals surface area contributed by atoms with Crippen molar-refractivity contribution < 1.29 is 36.3 Å². The molecule has 0 aliphatic carbocycles. The summed E-state index contributed by atoms with van der Waals surface area (Å²) in [7, 11) is -2.57. The molecule has 8 nitrogen and oxygen atoms in total. The van der Waals surface area contributed by atoms with Crippen molar-refractivity contribution in [3.63, 3.8) is 0 Å². The Morgan fingerprint density at radius 3 is 2.26 bits per heavy atom. The maximum atomic E-state index is 13.4. The number of aryl methyl sites for hydroxylation is 1. The minimum absolute atomic E-state index is 0.0171. The average molecular weight is 541 g/mol. The number of rotatable bonds is 12. The smallest absolute Gasteiger partial charge is 0.297 e. The monoisotopic (exact) mass is 540 g/mol. The van der Waals surface area contributed by atoms with Gasteiger partial charge in [-0.1, -0.05) is 60.2 Å². The highest BCUT2D eigenvalue weighted by Crippen LogP contribution is 2.28. The van der Waals surface area contributed by atoms with Gasteiger partial charge in [-0.25, -0.2) is 0 Å². The molecule has 38 heavy (non-hydrogen) atoms. The molecule has 3 atom stereocenters. The van der Waals surface area contributed by atoms with Gasteiger partial charge in [0, 0.05) is 6.61 Å². The van der Waals surface area contributed by atoms with Gasteiger partial charge in [0.1, 0.15) is 5.75 Å². The van der Waals surface area contributed by atoms with Crippen molar-refractivity contribution in [1.29, 1.82) is 0 Å². The molecule has 1 heterocycles. The first kappa shape index (κ1) is 27.9. The van der Waals surface area contributed by atoms with Crippen LogP contribution in [-0.4, -0.2) is 46.9 Å². The van der Waals surface area contributed by atoms with Crippen molar-refractivity contribution in [3.05, 3.63) is 95.6 Å². The van der Waals surface area contributed by atoms with E-state index < -0.39 is 34.2 Å². The SMILES string of the molecule is COc1ccc(CO[C@@H]2OC[C@@H](OS(=O)(=O)c3ccc(C)cc3)C(=O)[C@H]2CCOCc2ccccc2)cc1. The first-order chi connectivity index (χ1) is 18.4. The summed E-state index contributed by atoms with van der Waals surface area (Å²) < 4.78 is 53.8. The Balaban J connectivity index is 1.42. The van der Waals surface area contributed by atoms with Gasteiger partial charge in [-0.05, 0) is 48.7 Å². The van der Waals surface area contributed by atoms with E-state index in [9.17, 15) is 13.2 Å². The maximum Gasteiger partial charge on any atom is 0.297 e. The van der Waals surface area contributed by atoms with Crippen LogP contribution in [0.3, 0.4) is 0 Å². The van der Waals surface area contributed by atoms with E-state index in [1.54, 1.807) is 19.2 Å². The van der Waals surface area contributed by atoms with Crippen LogP contribution in [0.15, 0.2) is 83.8 Å². The Bertz CT molecular complexity index is 1270. The van der Waals surface area contributed by atoms with Crippen molar-refractivity contribution in [2.75, 3.05) is 20.3 Å². The first-order valence-corrected chi connectivity index (χ1v) is 13.8. The van der Waals surface area contributed by atoms with Gasteiger partial charge < -0.3 is 18.9 Å². The molecule has 3 aromatic carbocycles. The highest BCUT2D eigenvalue weighted by Gasteiger charge is 2.42. The first-order valence-electron chi connectivity index (χ1n) is 12.4. The van der Waals surface area contributed by atoms with E-state index in [4.69, 9.17) is 23.1 Å². The maximum absolute atomic E-state index is 13.4. The quantitative estimate of drug-likeness (QED) is 0.246. The van der Waals surface area contributed by atoms with E-state index in [2.05, 4.69) is 0 Å². The van der Waals surface area contributed by atoms with E-state index in [-0.39, 0.29) is 31.1 Å². The molecule has 0 bridgehead atoms. The molecule has 1 saturated heterocycles. The number of hydrogen-bond donors (Lipinski definition) is 0. The van der Waals surface area contributed by atoms with Crippen LogP contribution >= 0.6 is 0 Å². The summed E-state index contributed by atoms with van der Waals surface area (Å²) in [6.45, 7) is 2.47. The second kappa shape index (κ2) is 13.1. The lowest BCUT2D eigenvalue weighted by Crippen LogP contribution is -2.49. The number of Topliss-reactive ketones (excluding diaryl/α,β-unsaturated/α-hetero) is 1. The summed E-state index contributed by atoms with van der Waals surface area (Å²) in [5, 5.41) is 0. The highest BCUT2D eigenvalue weighted by atomic mass is 32.2. The van der Waals surface area contributed by atoms with Crippen LogP contribution in [0.2, 0.25) is 0 Å². The van der Waals surface area contributed by atoms with Crippen LogP contribution in [0.1, 0.15) is 23.1 Å². The number of carbonyl (C=O) groups excluding carboxylic acids is 1. The third-order valence-corrected chi connectivity index (χ3v) is 7.57. The fourth-order valence-corrected chi connectivity index (χ4v) is 5.10. The average Bonchev–Trinajstić information content (AvgIpc) is 2.93. The third kappa shape index (κ3) is 7.49. The molecule has 4 rings (SSSR count). The molecule has 1 aliphatic heterocycles. The number of carbonyl (C=O) groups is 1. The van der Waals surface area contributed by atoms with Crippen molar-refractivity contribution in [3.8, 4) is 5.75 Å². The summed E-state index contributed by atoms with van der Waals surface area (Å²) in [6, 6.07) is 23.3. The van der Waals surface area contributed by atoms with E-state index in [1.807, 2.05) is 61.5 Å². The van der Waals surface area contributed by atoms with E-state index in [0.29, 0.717) is 6.61 Å². The Kier molecular flexibility index (Phi) is 9.65. The third-order valence-electron chi connectivity index (χ3n) is 6.23. The topological polar surface area (TPSA) is 97.4 Å². The fraction of sp³-hybridized carbons (Fsp3) is 0.345. The summed E-state index contributed by atoms with van der Waals surface area (Å²) >= 11 is 0. The molecule has 0 unspecified atom stereocenters. The lowest BCUT2D eigenvalue weighted by Gasteiger charge is -2.34. The van der Waals surface area contributed by atoms with Gasteiger partial charge in [-0.2, -0.15) is 8.42 Å². The minimum Gasteiger partial charge on any atom is -0.497 e. The zero-order chi connectivity index (χ0) is 27.0. The van der Waals surface area contributed by atoms with Gasteiger partial charge in [0.05, 0.1) is 37.7 Å². The lowest BCUT2D eigenvalue weighted by atomic mass is 9.93. The molecule has 0 saturated carbocycles. The Morgan fingerprint density at radius 1 is 0.895 bits per heavy atom. The molecule has 0 amide bonds. The zero-order valence-corrected chi connectivity index (χ0v) is 22.3. The molecule has 202 valence electrons. The van der Waals surface area contributed by atoms with Gasteiger partial charge in [0.15, 0.2) is 18.2 Å². The van der Waals surface area contributed by atoms with E-state index >= 15 is 0 Å². The van der Waals surface area contributed by atoms with Crippen LogP contribution in [0.4, 0.5) is 0 Å². The molecule has 3 aromatic rings. The van der Waals surface area contributed by atoms with Crippen molar-refractivity contribution in [1.82, 2.24) is 0 Å². The molecule has 9 heteroatoms. The van der Waals surface area contributed by atoms with Crippen LogP contribution in [0, 0.1) is 12.8 Å². The molecule has 0 aromatic heterocycles. The summed E-state index contributed by atoms with van der Waals surface area (Å²) in [5.74, 6) is -0.438. The molecule has 1 aliphatic rings. The van der Waals surface area contributed by atoms with Gasteiger partial charge in [-0.3, -0.25) is 8.98 Å². The summed E-state index contributed by atoms with van der Waals surface area (Å²) in [5.41, 5.74) is 2.80. The fourth-order valence-electron chi connectivity index (χ4n) is 4.06. The Hall–Kier alpha value is -3.08. The van der Waals surface area contributed by atoms with E-state index in [1.165, 1.54) is 12.1 Å². The predicted molar refractivity (Wildman–Crippen MR) is 140 cm³/mol. The van der Waals surface area contributed by atoms with Gasteiger partial charge >= 0.3 is 0 Å². The molecular formula is C29H32O8S. The normalized spacial score (nSPS) is 19.8. The van der Waals surface area contributed by atoms with Crippen molar-refractivity contribution in [2.45, 2.75) is 43.8 Å². The van der Waals surface area contributed by atoms with Crippen LogP contribution in [0.25, 0.3) is 0 Å². The Labute approximate surface area is 223 Å². The van der Waals surface area contributed by atoms with Crippen LogP contribution < -0.4 is 4.74 Å². The standard InChI is InChI=1S/C29H32O8S/c1-21-8-14-25(15-9-21)38(31,32)37-27-20-36-29(35-19-23-10-12-24(33-2)13-11-23)26(28(27)30)16-17-34-18-22-6-4-3-5-7-22/h3-15,26-27,29H,16-20H2,1-2H3/t26-,27-,29-/m1/s1. The lowest BCUT2D eigenvalue weighted by molar-refractivity contribution is -0.215. The van der Waals surface area contributed by atoms with E-state index in [0.717, 1.165) is 22.4 Å². The van der Waals surface area contributed by atoms with Crippen LogP contribution in [-0.2, 0) is 46.5 Å². The number of benzene rings is 3. The van der Waals surface area contributed by atoms with Crippen molar-refractivity contribution in [2.24, 2.45) is 5.92 Å². The van der Waals surface area contributed by atoms with Gasteiger partial charge in [0.2, 0.25) is 0 Å². The van der Waals surface area contributed by atoms with Crippen molar-refractivity contribution >= 4 is 15.9 Å². The molecular weight excluding hydrogens is 508 g/mol.